The third kappa shape index (κ3) is 3.19. The summed E-state index contributed by atoms with van der Waals surface area (Å²) in [6.45, 7) is 2.36. The number of rotatable bonds is 3. The standard InChI is InChI=1S/C14H20BrClN2/c1-17-7-3-4-13(10-17)18(2)14-6-5-12(16)8-11(14)9-15/h5-6,8,13H,3-4,7,9-10H2,1-2H3. The molecule has 1 aliphatic rings. The van der Waals surface area contributed by atoms with Gasteiger partial charge >= 0.3 is 0 Å². The van der Waals surface area contributed by atoms with Crippen LogP contribution in [0.15, 0.2) is 18.2 Å². The minimum Gasteiger partial charge on any atom is -0.370 e. The number of hydrogen-bond donors (Lipinski definition) is 0. The maximum absolute atomic E-state index is 6.06. The topological polar surface area (TPSA) is 6.48 Å². The van der Waals surface area contributed by atoms with E-state index in [0.717, 1.165) is 16.9 Å². The van der Waals surface area contributed by atoms with Gasteiger partial charge in [0.15, 0.2) is 0 Å². The van der Waals surface area contributed by atoms with Crippen LogP contribution in [0.1, 0.15) is 18.4 Å². The molecular formula is C14H20BrClN2. The Morgan fingerprint density at radius 2 is 2.28 bits per heavy atom. The van der Waals surface area contributed by atoms with E-state index in [1.165, 1.54) is 30.6 Å². The van der Waals surface area contributed by atoms with Crippen LogP contribution >= 0.6 is 27.5 Å². The molecule has 2 rings (SSSR count). The van der Waals surface area contributed by atoms with E-state index in [1.807, 2.05) is 6.07 Å². The first-order chi connectivity index (χ1) is 8.61. The van der Waals surface area contributed by atoms with Crippen molar-refractivity contribution in [2.45, 2.75) is 24.2 Å². The van der Waals surface area contributed by atoms with Gasteiger partial charge in [0.25, 0.3) is 0 Å². The lowest BCUT2D eigenvalue weighted by atomic mass is 10.0. The molecule has 0 amide bonds. The van der Waals surface area contributed by atoms with Crippen LogP contribution < -0.4 is 4.90 Å². The van der Waals surface area contributed by atoms with Gasteiger partial charge in [-0.3, -0.25) is 0 Å². The molecule has 0 saturated carbocycles. The summed E-state index contributed by atoms with van der Waals surface area (Å²) in [6.07, 6.45) is 2.55. The van der Waals surface area contributed by atoms with E-state index in [9.17, 15) is 0 Å². The summed E-state index contributed by atoms with van der Waals surface area (Å²) in [5, 5.41) is 1.65. The molecule has 1 aliphatic heterocycles. The van der Waals surface area contributed by atoms with Crippen molar-refractivity contribution < 1.29 is 0 Å². The number of anilines is 1. The molecule has 1 fully saturated rings. The Morgan fingerprint density at radius 1 is 1.50 bits per heavy atom. The lowest BCUT2D eigenvalue weighted by molar-refractivity contribution is 0.248. The molecule has 0 bridgehead atoms. The van der Waals surface area contributed by atoms with Crippen molar-refractivity contribution in [1.29, 1.82) is 0 Å². The van der Waals surface area contributed by atoms with Crippen LogP contribution in [0.2, 0.25) is 5.02 Å². The number of halogens is 2. The highest BCUT2D eigenvalue weighted by Crippen LogP contribution is 2.28. The SMILES string of the molecule is CN1CCCC(N(C)c2ccc(Cl)cc2CBr)C1. The van der Waals surface area contributed by atoms with Crippen molar-refractivity contribution in [3.05, 3.63) is 28.8 Å². The van der Waals surface area contributed by atoms with Crippen molar-refractivity contribution in [3.8, 4) is 0 Å². The maximum atomic E-state index is 6.06. The molecule has 0 aliphatic carbocycles. The third-order valence-corrected chi connectivity index (χ3v) is 4.55. The van der Waals surface area contributed by atoms with Crippen molar-refractivity contribution in [2.75, 3.05) is 32.1 Å². The van der Waals surface area contributed by atoms with E-state index in [0.29, 0.717) is 6.04 Å². The van der Waals surface area contributed by atoms with E-state index >= 15 is 0 Å². The van der Waals surface area contributed by atoms with E-state index in [-0.39, 0.29) is 0 Å². The second kappa shape index (κ2) is 6.27. The average molecular weight is 332 g/mol. The second-order valence-electron chi connectivity index (χ2n) is 5.08. The number of piperidine rings is 1. The van der Waals surface area contributed by atoms with E-state index < -0.39 is 0 Å². The molecular weight excluding hydrogens is 312 g/mol. The van der Waals surface area contributed by atoms with Crippen LogP contribution in [-0.2, 0) is 5.33 Å². The van der Waals surface area contributed by atoms with Gasteiger partial charge in [-0.05, 0) is 50.2 Å². The Kier molecular flexibility index (Phi) is 4.93. The number of nitrogens with zero attached hydrogens (tertiary/aromatic N) is 2. The Bertz CT molecular complexity index is 411. The third-order valence-electron chi connectivity index (χ3n) is 3.71. The fourth-order valence-corrected chi connectivity index (χ4v) is 3.30. The van der Waals surface area contributed by atoms with Gasteiger partial charge in [-0.1, -0.05) is 27.5 Å². The zero-order valence-electron chi connectivity index (χ0n) is 11.0. The predicted molar refractivity (Wildman–Crippen MR) is 83.0 cm³/mol. The summed E-state index contributed by atoms with van der Waals surface area (Å²) >= 11 is 9.61. The summed E-state index contributed by atoms with van der Waals surface area (Å²) < 4.78 is 0. The minimum atomic E-state index is 0.600. The number of likely N-dealkylation sites (tertiary alicyclic amines) is 1. The Balaban J connectivity index is 2.19. The first-order valence-electron chi connectivity index (χ1n) is 6.37. The van der Waals surface area contributed by atoms with Crippen LogP contribution in [-0.4, -0.2) is 38.1 Å². The Labute approximate surface area is 123 Å². The van der Waals surface area contributed by atoms with Gasteiger partial charge in [-0.25, -0.2) is 0 Å². The lowest BCUT2D eigenvalue weighted by Gasteiger charge is -2.38. The zero-order valence-corrected chi connectivity index (χ0v) is 13.3. The minimum absolute atomic E-state index is 0.600. The molecule has 100 valence electrons. The van der Waals surface area contributed by atoms with Crippen molar-refractivity contribution in [3.63, 3.8) is 0 Å². The van der Waals surface area contributed by atoms with Crippen molar-refractivity contribution in [1.82, 2.24) is 4.90 Å². The summed E-state index contributed by atoms with van der Waals surface area (Å²) in [6, 6.07) is 6.76. The highest BCUT2D eigenvalue weighted by Gasteiger charge is 2.22. The molecule has 1 aromatic carbocycles. The predicted octanol–water partition coefficient (Wildman–Crippen LogP) is 3.77. The molecule has 18 heavy (non-hydrogen) atoms. The molecule has 1 aromatic rings. The first-order valence-corrected chi connectivity index (χ1v) is 7.87. The molecule has 0 radical (unpaired) electrons. The smallest absolute Gasteiger partial charge is 0.0414 e. The molecule has 1 saturated heterocycles. The second-order valence-corrected chi connectivity index (χ2v) is 6.07. The first kappa shape index (κ1) is 14.2. The molecule has 0 spiro atoms. The molecule has 1 heterocycles. The van der Waals surface area contributed by atoms with Gasteiger partial charge in [0, 0.05) is 35.7 Å². The summed E-state index contributed by atoms with van der Waals surface area (Å²) in [4.78, 5) is 4.82. The van der Waals surface area contributed by atoms with Crippen LogP contribution in [0.5, 0.6) is 0 Å². The van der Waals surface area contributed by atoms with Crippen LogP contribution in [0.25, 0.3) is 0 Å². The summed E-state index contributed by atoms with van der Waals surface area (Å²) in [7, 11) is 4.40. The van der Waals surface area contributed by atoms with Crippen LogP contribution in [0.4, 0.5) is 5.69 Å². The van der Waals surface area contributed by atoms with E-state index in [2.05, 4.69) is 52.0 Å². The van der Waals surface area contributed by atoms with Crippen LogP contribution in [0.3, 0.4) is 0 Å². The molecule has 1 atom stereocenters. The molecule has 2 nitrogen and oxygen atoms in total. The van der Waals surface area contributed by atoms with Gasteiger partial charge in [0.1, 0.15) is 0 Å². The fourth-order valence-electron chi connectivity index (χ4n) is 2.66. The number of hydrogen-bond acceptors (Lipinski definition) is 2. The quantitative estimate of drug-likeness (QED) is 0.778. The normalized spacial score (nSPS) is 21.0. The van der Waals surface area contributed by atoms with Gasteiger partial charge in [-0.2, -0.15) is 0 Å². The fraction of sp³-hybridized carbons (Fsp3) is 0.571. The highest BCUT2D eigenvalue weighted by molar-refractivity contribution is 9.08. The van der Waals surface area contributed by atoms with Gasteiger partial charge < -0.3 is 9.80 Å². The van der Waals surface area contributed by atoms with Gasteiger partial charge in [-0.15, -0.1) is 0 Å². The van der Waals surface area contributed by atoms with Crippen molar-refractivity contribution in [2.24, 2.45) is 0 Å². The van der Waals surface area contributed by atoms with E-state index in [1.54, 1.807) is 0 Å². The summed E-state index contributed by atoms with van der Waals surface area (Å²) in [5.41, 5.74) is 2.55. The molecule has 0 N–H and O–H groups in total. The van der Waals surface area contributed by atoms with Gasteiger partial charge in [0.05, 0.1) is 0 Å². The number of benzene rings is 1. The molecule has 1 unspecified atom stereocenters. The highest BCUT2D eigenvalue weighted by atomic mass is 79.9. The summed E-state index contributed by atoms with van der Waals surface area (Å²) in [5.74, 6) is 0. The van der Waals surface area contributed by atoms with Crippen molar-refractivity contribution >= 4 is 33.2 Å². The average Bonchev–Trinajstić information content (AvgIpc) is 2.37. The maximum Gasteiger partial charge on any atom is 0.0414 e. The molecule has 0 aromatic heterocycles. The Morgan fingerprint density at radius 3 is 2.94 bits per heavy atom. The van der Waals surface area contributed by atoms with Crippen LogP contribution in [0, 0.1) is 0 Å². The lowest BCUT2D eigenvalue weighted by Crippen LogP contribution is -2.45. The zero-order chi connectivity index (χ0) is 13.1. The van der Waals surface area contributed by atoms with Gasteiger partial charge in [0.2, 0.25) is 0 Å². The number of alkyl halides is 1. The van der Waals surface area contributed by atoms with E-state index in [4.69, 9.17) is 11.6 Å². The largest absolute Gasteiger partial charge is 0.370 e. The monoisotopic (exact) mass is 330 g/mol. The molecule has 4 heteroatoms. The Hall–Kier alpha value is -0.250. The number of likely N-dealkylation sites (N-methyl/N-ethyl adjacent to an activating group) is 2.